The van der Waals surface area contributed by atoms with Gasteiger partial charge in [-0.1, -0.05) is 0 Å². The first-order valence-corrected chi connectivity index (χ1v) is 10.8. The quantitative estimate of drug-likeness (QED) is 0.711. The Balaban J connectivity index is 0.000000252. The van der Waals surface area contributed by atoms with Crippen LogP contribution in [0.3, 0.4) is 0 Å². The molecular formula is C23H36N4O2. The number of aryl methyl sites for hydroxylation is 1. The Morgan fingerprint density at radius 1 is 1.21 bits per heavy atom. The van der Waals surface area contributed by atoms with Gasteiger partial charge in [0, 0.05) is 36.6 Å². The molecule has 4 rings (SSSR count). The van der Waals surface area contributed by atoms with Gasteiger partial charge in [-0.3, -0.25) is 4.79 Å². The maximum Gasteiger partial charge on any atom is 0.153 e. The normalized spacial score (nSPS) is 22.1. The fourth-order valence-corrected chi connectivity index (χ4v) is 4.08. The number of nitrogens with one attached hydrogen (secondary N) is 2. The van der Waals surface area contributed by atoms with E-state index in [1.54, 1.807) is 13.2 Å². The fourth-order valence-electron chi connectivity index (χ4n) is 4.08. The summed E-state index contributed by atoms with van der Waals surface area (Å²) in [5, 5.41) is 6.81. The van der Waals surface area contributed by atoms with Gasteiger partial charge < -0.3 is 19.8 Å². The van der Waals surface area contributed by atoms with Crippen LogP contribution in [0.1, 0.15) is 68.4 Å². The molecule has 2 fully saturated rings. The molecule has 2 aliphatic carbocycles. The zero-order valence-electron chi connectivity index (χ0n) is 18.5. The average Bonchev–Trinajstić information content (AvgIpc) is 3.50. The van der Waals surface area contributed by atoms with Crippen molar-refractivity contribution in [3.05, 3.63) is 29.6 Å². The average molecular weight is 401 g/mol. The van der Waals surface area contributed by atoms with Crippen LogP contribution in [-0.4, -0.2) is 47.5 Å². The van der Waals surface area contributed by atoms with Crippen LogP contribution >= 0.6 is 0 Å². The van der Waals surface area contributed by atoms with E-state index in [0.717, 1.165) is 55.0 Å². The van der Waals surface area contributed by atoms with Gasteiger partial charge in [-0.2, -0.15) is 0 Å². The Morgan fingerprint density at radius 2 is 1.90 bits per heavy atom. The van der Waals surface area contributed by atoms with E-state index in [4.69, 9.17) is 4.74 Å². The number of carbonyl (C=O) groups excluding carboxylic acids is 1. The van der Waals surface area contributed by atoms with Crippen molar-refractivity contribution in [3.8, 4) is 0 Å². The summed E-state index contributed by atoms with van der Waals surface area (Å²) in [6.07, 6.45) is 10.3. The molecule has 0 aliphatic heterocycles. The van der Waals surface area contributed by atoms with Crippen LogP contribution in [0, 0.1) is 12.8 Å². The summed E-state index contributed by atoms with van der Waals surface area (Å²) >= 11 is 0. The summed E-state index contributed by atoms with van der Waals surface area (Å²) in [4.78, 5) is 15.7. The molecular weight excluding hydrogens is 364 g/mol. The molecule has 0 atom stereocenters. The first-order chi connectivity index (χ1) is 13.9. The molecule has 2 aromatic heterocycles. The van der Waals surface area contributed by atoms with Crippen molar-refractivity contribution in [2.24, 2.45) is 5.92 Å². The van der Waals surface area contributed by atoms with Gasteiger partial charge in [0.25, 0.3) is 0 Å². The molecule has 2 aliphatic rings. The minimum absolute atomic E-state index is 0.396. The SMILES string of the molecule is CNC(C)(C)C1CC1.COC1CCC(Nc2cc(C)n3ccc(C=O)c3n2)CC1. The molecule has 29 heavy (non-hydrogen) atoms. The molecule has 0 saturated heterocycles. The van der Waals surface area contributed by atoms with Crippen LogP contribution in [0.4, 0.5) is 5.82 Å². The summed E-state index contributed by atoms with van der Waals surface area (Å²) < 4.78 is 7.34. The van der Waals surface area contributed by atoms with E-state index >= 15 is 0 Å². The maximum atomic E-state index is 11.1. The highest BCUT2D eigenvalue weighted by atomic mass is 16.5. The van der Waals surface area contributed by atoms with Gasteiger partial charge in [-0.05, 0) is 78.3 Å². The molecule has 0 amide bonds. The fraction of sp³-hybridized carbons (Fsp3) is 0.652. The second kappa shape index (κ2) is 9.26. The third-order valence-electron chi connectivity index (χ3n) is 6.57. The van der Waals surface area contributed by atoms with E-state index in [9.17, 15) is 4.79 Å². The highest BCUT2D eigenvalue weighted by Gasteiger charge is 2.36. The van der Waals surface area contributed by atoms with Crippen LogP contribution in [-0.2, 0) is 4.74 Å². The van der Waals surface area contributed by atoms with Crippen LogP contribution in [0.15, 0.2) is 18.3 Å². The number of hydrogen-bond donors (Lipinski definition) is 2. The third-order valence-corrected chi connectivity index (χ3v) is 6.57. The molecule has 0 radical (unpaired) electrons. The molecule has 2 heterocycles. The molecule has 160 valence electrons. The van der Waals surface area contributed by atoms with E-state index < -0.39 is 0 Å². The van der Waals surface area contributed by atoms with Crippen LogP contribution in [0.5, 0.6) is 0 Å². The van der Waals surface area contributed by atoms with Crippen LogP contribution in [0.25, 0.3) is 5.65 Å². The lowest BCUT2D eigenvalue weighted by Crippen LogP contribution is -2.38. The van der Waals surface area contributed by atoms with Crippen LogP contribution < -0.4 is 10.6 Å². The standard InChI is InChI=1S/C16H21N3O2.C7H15N/c1-11-9-15(17-13-3-5-14(21-2)6-4-13)18-16-12(10-20)7-8-19(11)16;1-7(2,8-3)6-4-5-6/h7-10,13-14H,3-6H2,1-2H3,(H,17,18);6,8H,4-5H2,1-3H3. The summed E-state index contributed by atoms with van der Waals surface area (Å²) in [6.45, 7) is 6.56. The molecule has 2 aromatic rings. The predicted molar refractivity (Wildman–Crippen MR) is 118 cm³/mol. The van der Waals surface area contributed by atoms with Crippen molar-refractivity contribution < 1.29 is 9.53 Å². The number of nitrogens with zero attached hydrogens (tertiary/aromatic N) is 2. The molecule has 6 heteroatoms. The van der Waals surface area contributed by atoms with Gasteiger partial charge in [0.05, 0.1) is 11.7 Å². The van der Waals surface area contributed by atoms with Crippen molar-refractivity contribution >= 4 is 17.8 Å². The van der Waals surface area contributed by atoms with E-state index in [2.05, 4.69) is 29.5 Å². The predicted octanol–water partition coefficient (Wildman–Crippen LogP) is 4.22. The highest BCUT2D eigenvalue weighted by molar-refractivity contribution is 5.85. The number of fused-ring (bicyclic) bond motifs is 1. The Hall–Kier alpha value is -1.92. The van der Waals surface area contributed by atoms with Crippen molar-refractivity contribution in [3.63, 3.8) is 0 Å². The van der Waals surface area contributed by atoms with Gasteiger partial charge in [0.2, 0.25) is 0 Å². The molecule has 2 saturated carbocycles. The summed E-state index contributed by atoms with van der Waals surface area (Å²) in [5.74, 6) is 1.80. The largest absolute Gasteiger partial charge is 0.381 e. The van der Waals surface area contributed by atoms with E-state index in [-0.39, 0.29) is 0 Å². The summed E-state index contributed by atoms with van der Waals surface area (Å²) in [7, 11) is 3.82. The van der Waals surface area contributed by atoms with Gasteiger partial charge >= 0.3 is 0 Å². The smallest absolute Gasteiger partial charge is 0.153 e. The lowest BCUT2D eigenvalue weighted by Gasteiger charge is -2.28. The first kappa shape index (κ1) is 21.8. The number of aromatic nitrogens is 2. The Morgan fingerprint density at radius 3 is 2.41 bits per heavy atom. The van der Waals surface area contributed by atoms with Crippen molar-refractivity contribution in [1.82, 2.24) is 14.7 Å². The second-order valence-electron chi connectivity index (χ2n) is 8.96. The van der Waals surface area contributed by atoms with E-state index in [1.165, 1.54) is 12.8 Å². The Kier molecular flexibility index (Phi) is 6.96. The van der Waals surface area contributed by atoms with Crippen molar-refractivity contribution in [2.75, 3.05) is 19.5 Å². The summed E-state index contributed by atoms with van der Waals surface area (Å²) in [5.41, 5.74) is 2.82. The molecule has 6 nitrogen and oxygen atoms in total. The number of hydrogen-bond acceptors (Lipinski definition) is 5. The first-order valence-electron chi connectivity index (χ1n) is 10.8. The molecule has 2 N–H and O–H groups in total. The highest BCUT2D eigenvalue weighted by Crippen LogP contribution is 2.38. The topological polar surface area (TPSA) is 67.7 Å². The lowest BCUT2D eigenvalue weighted by molar-refractivity contribution is 0.0681. The number of rotatable bonds is 6. The van der Waals surface area contributed by atoms with Gasteiger partial charge in [0.15, 0.2) is 6.29 Å². The lowest BCUT2D eigenvalue weighted by atomic mass is 9.93. The number of carbonyl (C=O) groups is 1. The van der Waals surface area contributed by atoms with Crippen molar-refractivity contribution in [1.29, 1.82) is 0 Å². The minimum atomic E-state index is 0.396. The number of aldehydes is 1. The van der Waals surface area contributed by atoms with Gasteiger partial charge in [-0.25, -0.2) is 4.98 Å². The molecule has 0 aromatic carbocycles. The zero-order chi connectivity index (χ0) is 21.0. The van der Waals surface area contributed by atoms with Gasteiger partial charge in [0.1, 0.15) is 11.5 Å². The van der Waals surface area contributed by atoms with Crippen molar-refractivity contribution in [2.45, 2.75) is 77.0 Å². The number of methoxy groups -OCH3 is 1. The molecule has 0 unspecified atom stereocenters. The zero-order valence-corrected chi connectivity index (χ0v) is 18.5. The van der Waals surface area contributed by atoms with Gasteiger partial charge in [-0.15, -0.1) is 0 Å². The number of ether oxygens (including phenoxy) is 1. The van der Waals surface area contributed by atoms with Crippen LogP contribution in [0.2, 0.25) is 0 Å². The Bertz CT molecular complexity index is 818. The second-order valence-corrected chi connectivity index (χ2v) is 8.96. The van der Waals surface area contributed by atoms with E-state index in [0.29, 0.717) is 23.2 Å². The third kappa shape index (κ3) is 5.37. The van der Waals surface area contributed by atoms with E-state index in [1.807, 2.05) is 30.6 Å². The minimum Gasteiger partial charge on any atom is -0.381 e. The monoisotopic (exact) mass is 400 g/mol. The number of anilines is 1. The molecule has 0 bridgehead atoms. The molecule has 0 spiro atoms. The summed E-state index contributed by atoms with van der Waals surface area (Å²) in [6, 6.07) is 4.26. The Labute approximate surface area is 174 Å². The maximum absolute atomic E-state index is 11.1.